The minimum absolute atomic E-state index is 0.0980. The Balaban J connectivity index is 4.22. The zero-order valence-electron chi connectivity index (χ0n) is 50.5. The Kier molecular flexibility index (Phi) is 61.7. The molecule has 0 N–H and O–H groups in total. The number of ether oxygens (including phenoxy) is 3. The fourth-order valence-corrected chi connectivity index (χ4v) is 9.54. The van der Waals surface area contributed by atoms with Gasteiger partial charge in [-0.1, -0.05) is 306 Å². The van der Waals surface area contributed by atoms with E-state index in [1.165, 1.54) is 205 Å². The molecule has 0 saturated heterocycles. The molecule has 0 aromatic carbocycles. The fraction of sp³-hybridized carbons (Fsp3) is 0.786. The van der Waals surface area contributed by atoms with E-state index in [1.54, 1.807) is 0 Å². The Morgan fingerprint density at radius 2 is 0.526 bits per heavy atom. The minimum atomic E-state index is -0.808. The van der Waals surface area contributed by atoms with Crippen molar-refractivity contribution in [3.8, 4) is 0 Å². The largest absolute Gasteiger partial charge is 0.462 e. The topological polar surface area (TPSA) is 78.9 Å². The Hall–Kier alpha value is -3.15. The Labute approximate surface area is 472 Å². The first-order valence-corrected chi connectivity index (χ1v) is 32.9. The van der Waals surface area contributed by atoms with E-state index in [0.29, 0.717) is 19.3 Å². The van der Waals surface area contributed by atoms with Gasteiger partial charge in [0.25, 0.3) is 0 Å². The number of carbonyl (C=O) groups excluding carboxylic acids is 3. The highest BCUT2D eigenvalue weighted by atomic mass is 16.6. The molecule has 0 rings (SSSR count). The average molecular weight is 1060 g/mol. The molecule has 0 heterocycles. The van der Waals surface area contributed by atoms with Crippen LogP contribution in [0, 0.1) is 0 Å². The number of unbranched alkanes of at least 4 members (excludes halogenated alkanes) is 37. The maximum absolute atomic E-state index is 12.9. The van der Waals surface area contributed by atoms with E-state index in [2.05, 4.69) is 93.7 Å². The van der Waals surface area contributed by atoms with Crippen LogP contribution in [0.15, 0.2) is 72.9 Å². The van der Waals surface area contributed by atoms with E-state index >= 15 is 0 Å². The van der Waals surface area contributed by atoms with Gasteiger partial charge in [0.2, 0.25) is 0 Å². The van der Waals surface area contributed by atoms with Crippen LogP contribution in [0.4, 0.5) is 0 Å². The third kappa shape index (κ3) is 61.7. The molecule has 0 aliphatic heterocycles. The normalized spacial score (nSPS) is 12.5. The van der Waals surface area contributed by atoms with Crippen LogP contribution in [0.5, 0.6) is 0 Å². The summed E-state index contributed by atoms with van der Waals surface area (Å²) in [5.41, 5.74) is 0. The van der Waals surface area contributed by atoms with Crippen molar-refractivity contribution in [3.63, 3.8) is 0 Å². The van der Waals surface area contributed by atoms with Crippen LogP contribution in [0.3, 0.4) is 0 Å². The quantitative estimate of drug-likeness (QED) is 0.0261. The third-order valence-electron chi connectivity index (χ3n) is 14.4. The molecule has 0 saturated carbocycles. The Morgan fingerprint density at radius 1 is 0.276 bits per heavy atom. The number of carbonyl (C=O) groups is 3. The average Bonchev–Trinajstić information content (AvgIpc) is 3.42. The van der Waals surface area contributed by atoms with Crippen molar-refractivity contribution in [1.29, 1.82) is 0 Å². The van der Waals surface area contributed by atoms with Crippen LogP contribution in [0.25, 0.3) is 0 Å². The van der Waals surface area contributed by atoms with E-state index < -0.39 is 6.10 Å². The Bertz CT molecular complexity index is 1400. The van der Waals surface area contributed by atoms with Gasteiger partial charge in [-0.15, -0.1) is 0 Å². The fourth-order valence-electron chi connectivity index (χ4n) is 9.54. The summed E-state index contributed by atoms with van der Waals surface area (Å²) in [6.45, 7) is 6.49. The summed E-state index contributed by atoms with van der Waals surface area (Å²) < 4.78 is 16.8. The van der Waals surface area contributed by atoms with Crippen LogP contribution >= 0.6 is 0 Å². The zero-order chi connectivity index (χ0) is 55.0. The zero-order valence-corrected chi connectivity index (χ0v) is 50.5. The lowest BCUT2D eigenvalue weighted by molar-refractivity contribution is -0.167. The van der Waals surface area contributed by atoms with Gasteiger partial charge in [-0.3, -0.25) is 14.4 Å². The summed E-state index contributed by atoms with van der Waals surface area (Å²) in [6, 6.07) is 0. The van der Waals surface area contributed by atoms with Gasteiger partial charge in [0.05, 0.1) is 0 Å². The predicted octanol–water partition coefficient (Wildman–Crippen LogP) is 22.5. The lowest BCUT2D eigenvalue weighted by atomic mass is 10.0. The monoisotopic (exact) mass is 1060 g/mol. The van der Waals surface area contributed by atoms with Crippen LogP contribution in [-0.4, -0.2) is 37.2 Å². The van der Waals surface area contributed by atoms with E-state index in [9.17, 15) is 14.4 Å². The number of hydrogen-bond acceptors (Lipinski definition) is 6. The highest BCUT2D eigenvalue weighted by Crippen LogP contribution is 2.18. The summed E-state index contributed by atoms with van der Waals surface area (Å²) in [4.78, 5) is 38.2. The van der Waals surface area contributed by atoms with Crippen molar-refractivity contribution in [2.24, 2.45) is 0 Å². The molecule has 1 unspecified atom stereocenters. The summed E-state index contributed by atoms with van der Waals surface area (Å²) in [5, 5.41) is 0. The molecule has 0 radical (unpaired) electrons. The molecule has 0 aromatic rings. The molecule has 0 fully saturated rings. The molecular formula is C70H124O6. The second-order valence-corrected chi connectivity index (χ2v) is 22.0. The molecule has 0 spiro atoms. The predicted molar refractivity (Wildman–Crippen MR) is 330 cm³/mol. The number of esters is 3. The number of hydrogen-bond donors (Lipinski definition) is 0. The number of rotatable bonds is 60. The van der Waals surface area contributed by atoms with Crippen molar-refractivity contribution in [3.05, 3.63) is 72.9 Å². The first kappa shape index (κ1) is 72.8. The molecular weight excluding hydrogens is 937 g/mol. The summed E-state index contributed by atoms with van der Waals surface area (Å²) in [6.07, 6.45) is 83.7. The van der Waals surface area contributed by atoms with Gasteiger partial charge < -0.3 is 14.2 Å². The van der Waals surface area contributed by atoms with Gasteiger partial charge in [0, 0.05) is 19.3 Å². The highest BCUT2D eigenvalue weighted by molar-refractivity contribution is 5.71. The molecule has 6 heteroatoms. The maximum Gasteiger partial charge on any atom is 0.306 e. The van der Waals surface area contributed by atoms with Crippen molar-refractivity contribution in [1.82, 2.24) is 0 Å². The molecule has 0 amide bonds. The minimum Gasteiger partial charge on any atom is -0.462 e. The van der Waals surface area contributed by atoms with Crippen molar-refractivity contribution >= 4 is 17.9 Å². The van der Waals surface area contributed by atoms with Crippen LogP contribution < -0.4 is 0 Å². The molecule has 0 aliphatic carbocycles. The Morgan fingerprint density at radius 3 is 0.882 bits per heavy atom. The third-order valence-corrected chi connectivity index (χ3v) is 14.4. The summed E-state index contributed by atoms with van der Waals surface area (Å²) >= 11 is 0. The lowest BCUT2D eigenvalue weighted by Gasteiger charge is -2.18. The first-order chi connectivity index (χ1) is 37.5. The summed E-state index contributed by atoms with van der Waals surface area (Å²) in [5.74, 6) is -0.953. The molecule has 0 bridgehead atoms. The van der Waals surface area contributed by atoms with Crippen LogP contribution in [0.1, 0.15) is 335 Å². The molecule has 440 valence electrons. The van der Waals surface area contributed by atoms with E-state index in [-0.39, 0.29) is 37.5 Å². The van der Waals surface area contributed by atoms with Gasteiger partial charge in [0.15, 0.2) is 6.10 Å². The smallest absolute Gasteiger partial charge is 0.306 e. The van der Waals surface area contributed by atoms with Crippen LogP contribution in [-0.2, 0) is 28.6 Å². The molecule has 6 nitrogen and oxygen atoms in total. The van der Waals surface area contributed by atoms with Gasteiger partial charge >= 0.3 is 17.9 Å². The van der Waals surface area contributed by atoms with Crippen molar-refractivity contribution in [2.75, 3.05) is 13.2 Å². The van der Waals surface area contributed by atoms with Crippen molar-refractivity contribution in [2.45, 2.75) is 341 Å². The van der Waals surface area contributed by atoms with Crippen molar-refractivity contribution < 1.29 is 28.6 Å². The van der Waals surface area contributed by atoms with E-state index in [0.717, 1.165) is 83.5 Å². The highest BCUT2D eigenvalue weighted by Gasteiger charge is 2.19. The molecule has 76 heavy (non-hydrogen) atoms. The molecule has 0 aliphatic rings. The van der Waals surface area contributed by atoms with Gasteiger partial charge in [-0.05, 0) is 83.5 Å². The summed E-state index contributed by atoms with van der Waals surface area (Å²) in [7, 11) is 0. The van der Waals surface area contributed by atoms with E-state index in [4.69, 9.17) is 14.2 Å². The molecule has 1 atom stereocenters. The van der Waals surface area contributed by atoms with Gasteiger partial charge in [-0.25, -0.2) is 0 Å². The van der Waals surface area contributed by atoms with Crippen LogP contribution in [0.2, 0.25) is 0 Å². The number of allylic oxidation sites excluding steroid dienone is 12. The maximum atomic E-state index is 12.9. The van der Waals surface area contributed by atoms with E-state index in [1.807, 2.05) is 0 Å². The second kappa shape index (κ2) is 64.4. The standard InChI is InChI=1S/C70H124O6/c1-4-7-10-13-16-19-22-25-27-29-30-31-32-33-34-35-36-37-38-39-40-42-43-45-48-51-54-57-60-63-69(72)75-66-67(65-74-68(71)62-59-56-53-50-47-24-21-18-15-12-9-6-3)76-70(73)64-61-58-55-52-49-46-44-41-28-26-23-20-17-14-11-8-5-2/h8,11,17-18,20-21,26,28,44,46,52,55,67H,4-7,9-10,12-16,19,22-25,27,29-43,45,47-51,53-54,56-66H2,1-3H3/b11-8-,20-17-,21-18-,28-26-,46-44-,55-52-. The van der Waals surface area contributed by atoms with Gasteiger partial charge in [0.1, 0.15) is 13.2 Å². The lowest BCUT2D eigenvalue weighted by Crippen LogP contribution is -2.30. The SMILES string of the molecule is CC/C=C\C/C=C\C/C=C\C/C=C\C/C=C\CCCC(=O)OC(COC(=O)CCCCCCC/C=C\CCCCC)COC(=O)CCCCCCCCCCCCCCCCCCCCCCCCCCCCCCC. The molecule has 0 aromatic heterocycles. The van der Waals surface area contributed by atoms with Gasteiger partial charge in [-0.2, -0.15) is 0 Å². The second-order valence-electron chi connectivity index (χ2n) is 22.0. The first-order valence-electron chi connectivity index (χ1n) is 32.9.